The predicted molar refractivity (Wildman–Crippen MR) is 192 cm³/mol. The highest BCUT2D eigenvalue weighted by Crippen LogP contribution is 2.37. The molecule has 3 saturated heterocycles. The molecule has 2 aromatic heterocycles. The molecule has 2 aromatic carbocycles. The van der Waals surface area contributed by atoms with Crippen LogP contribution in [0.5, 0.6) is 5.75 Å². The molecule has 3 fully saturated rings. The van der Waals surface area contributed by atoms with Gasteiger partial charge in [-0.15, -0.1) is 0 Å². The molecule has 7 rings (SSSR count). The molecule has 4 aromatic rings. The molecule has 14 heteroatoms. The number of esters is 1. The minimum absolute atomic E-state index is 0.00535. The van der Waals surface area contributed by atoms with E-state index in [0.717, 1.165) is 19.3 Å². The standard InChI is InChI=1S/C38H45N7O7/c1-38(2,3)52-37(48)44-21-26-19-43(20-27(26)22-44)36-41-31(32-33(42-36)45(23-40-32)30-12-8-9-16-50-30)25-13-14-29(49-4)28(18-25)34(46)39-15-17-51-35(47)24-10-6-5-7-11-24/h5-7,10-11,13-14,18,23,26-27,30H,8-9,12,15-17,19-22H2,1-4H3,(H,39,46). The topological polar surface area (TPSA) is 150 Å². The van der Waals surface area contributed by atoms with Crippen molar-refractivity contribution in [2.75, 3.05) is 57.9 Å². The van der Waals surface area contributed by atoms with Gasteiger partial charge in [0, 0.05) is 50.2 Å². The highest BCUT2D eigenvalue weighted by molar-refractivity contribution is 5.99. The van der Waals surface area contributed by atoms with Crippen LogP contribution in [0.2, 0.25) is 0 Å². The van der Waals surface area contributed by atoms with E-state index in [-0.39, 0.29) is 43.2 Å². The number of carbonyl (C=O) groups excluding carboxylic acids is 3. The lowest BCUT2D eigenvalue weighted by atomic mass is 10.0. The highest BCUT2D eigenvalue weighted by Gasteiger charge is 2.43. The first kappa shape index (κ1) is 35.2. The molecular formula is C38H45N7O7. The quantitative estimate of drug-likeness (QED) is 0.183. The van der Waals surface area contributed by atoms with Gasteiger partial charge < -0.3 is 34.1 Å². The summed E-state index contributed by atoms with van der Waals surface area (Å²) in [4.78, 5) is 57.5. The van der Waals surface area contributed by atoms with Crippen LogP contribution < -0.4 is 15.0 Å². The number of hydrogen-bond donors (Lipinski definition) is 1. The number of anilines is 1. The molecule has 52 heavy (non-hydrogen) atoms. The molecule has 14 nitrogen and oxygen atoms in total. The summed E-state index contributed by atoms with van der Waals surface area (Å²) < 4.78 is 24.7. The highest BCUT2D eigenvalue weighted by atomic mass is 16.6. The minimum atomic E-state index is -0.551. The molecule has 0 saturated carbocycles. The number of imidazole rings is 1. The Bertz CT molecular complexity index is 1920. The van der Waals surface area contributed by atoms with Gasteiger partial charge in [-0.05, 0) is 70.4 Å². The summed E-state index contributed by atoms with van der Waals surface area (Å²) in [5.41, 5.74) is 2.69. The monoisotopic (exact) mass is 711 g/mol. The van der Waals surface area contributed by atoms with Gasteiger partial charge in [0.2, 0.25) is 5.95 Å². The molecule has 2 amide bonds. The number of amides is 2. The number of nitrogens with zero attached hydrogens (tertiary/aromatic N) is 6. The van der Waals surface area contributed by atoms with Gasteiger partial charge in [0.1, 0.15) is 35.4 Å². The van der Waals surface area contributed by atoms with E-state index in [4.69, 9.17) is 33.9 Å². The summed E-state index contributed by atoms with van der Waals surface area (Å²) in [7, 11) is 1.51. The number of likely N-dealkylation sites (tertiary alicyclic amines) is 1. The second-order valence-electron chi connectivity index (χ2n) is 14.5. The van der Waals surface area contributed by atoms with E-state index in [2.05, 4.69) is 10.2 Å². The van der Waals surface area contributed by atoms with Crippen LogP contribution in [0.4, 0.5) is 10.7 Å². The van der Waals surface area contributed by atoms with Gasteiger partial charge in [-0.3, -0.25) is 9.36 Å². The second-order valence-corrected chi connectivity index (χ2v) is 14.5. The van der Waals surface area contributed by atoms with Crippen LogP contribution in [0.3, 0.4) is 0 Å². The molecular weight excluding hydrogens is 666 g/mol. The Labute approximate surface area is 302 Å². The van der Waals surface area contributed by atoms with Crippen molar-refractivity contribution in [2.24, 2.45) is 11.8 Å². The van der Waals surface area contributed by atoms with E-state index in [9.17, 15) is 14.4 Å². The van der Waals surface area contributed by atoms with E-state index < -0.39 is 11.6 Å². The third-order valence-electron chi connectivity index (χ3n) is 9.64. The molecule has 3 aliphatic rings. The molecule has 1 N–H and O–H groups in total. The summed E-state index contributed by atoms with van der Waals surface area (Å²) in [5, 5.41) is 2.84. The fraction of sp³-hybridized carbons (Fsp3) is 0.474. The number of hydrogen-bond acceptors (Lipinski definition) is 11. The normalized spacial score (nSPS) is 20.1. The zero-order valence-corrected chi connectivity index (χ0v) is 30.0. The number of benzene rings is 2. The Morgan fingerprint density at radius 1 is 0.981 bits per heavy atom. The van der Waals surface area contributed by atoms with Crippen LogP contribution in [0.1, 0.15) is 67.0 Å². The number of fused-ring (bicyclic) bond motifs is 2. The van der Waals surface area contributed by atoms with Gasteiger partial charge in [-0.25, -0.2) is 19.6 Å². The average molecular weight is 712 g/mol. The van der Waals surface area contributed by atoms with Crippen molar-refractivity contribution in [1.82, 2.24) is 29.7 Å². The maximum Gasteiger partial charge on any atom is 0.410 e. The summed E-state index contributed by atoms with van der Waals surface area (Å²) in [6.07, 6.45) is 4.19. The lowest BCUT2D eigenvalue weighted by Gasteiger charge is -2.26. The first-order chi connectivity index (χ1) is 25.1. The van der Waals surface area contributed by atoms with Gasteiger partial charge in [0.15, 0.2) is 5.65 Å². The Morgan fingerprint density at radius 3 is 2.44 bits per heavy atom. The van der Waals surface area contributed by atoms with Gasteiger partial charge in [0.05, 0.1) is 31.1 Å². The van der Waals surface area contributed by atoms with Crippen molar-refractivity contribution in [3.8, 4) is 17.0 Å². The maximum absolute atomic E-state index is 13.5. The van der Waals surface area contributed by atoms with Crippen molar-refractivity contribution in [2.45, 2.75) is 51.9 Å². The van der Waals surface area contributed by atoms with Crippen LogP contribution in [-0.2, 0) is 14.2 Å². The van der Waals surface area contributed by atoms with Gasteiger partial charge in [0.25, 0.3) is 5.91 Å². The largest absolute Gasteiger partial charge is 0.496 e. The third kappa shape index (κ3) is 7.52. The fourth-order valence-electron chi connectivity index (χ4n) is 7.13. The molecule has 3 atom stereocenters. The fourth-order valence-corrected chi connectivity index (χ4v) is 7.13. The molecule has 0 aliphatic carbocycles. The molecule has 274 valence electrons. The Morgan fingerprint density at radius 2 is 1.75 bits per heavy atom. The number of aromatic nitrogens is 4. The van der Waals surface area contributed by atoms with Gasteiger partial charge in [-0.2, -0.15) is 4.98 Å². The van der Waals surface area contributed by atoms with Crippen molar-refractivity contribution < 1.29 is 33.3 Å². The molecule has 0 spiro atoms. The number of methoxy groups -OCH3 is 1. The van der Waals surface area contributed by atoms with Crippen molar-refractivity contribution in [3.63, 3.8) is 0 Å². The number of carbonyl (C=O) groups is 3. The molecule has 3 aliphatic heterocycles. The minimum Gasteiger partial charge on any atom is -0.496 e. The SMILES string of the molecule is COc1ccc(-c2nc(N3CC4CN(C(=O)OC(C)(C)C)CC4C3)nc3c2ncn3C2CCCCO2)cc1C(=O)NCCOC(=O)c1ccccc1. The average Bonchev–Trinajstić information content (AvgIpc) is 3.87. The molecule has 0 radical (unpaired) electrons. The smallest absolute Gasteiger partial charge is 0.410 e. The third-order valence-corrected chi connectivity index (χ3v) is 9.64. The van der Waals surface area contributed by atoms with E-state index in [0.29, 0.717) is 78.0 Å². The Balaban J connectivity index is 1.14. The van der Waals surface area contributed by atoms with Crippen LogP contribution in [0.25, 0.3) is 22.4 Å². The van der Waals surface area contributed by atoms with E-state index >= 15 is 0 Å². The molecule has 5 heterocycles. The second kappa shape index (κ2) is 14.8. The Hall–Kier alpha value is -5.24. The van der Waals surface area contributed by atoms with Crippen molar-refractivity contribution in [1.29, 1.82) is 0 Å². The number of rotatable bonds is 9. The first-order valence-electron chi connectivity index (χ1n) is 17.9. The molecule has 3 unspecified atom stereocenters. The summed E-state index contributed by atoms with van der Waals surface area (Å²) in [5.74, 6) is 0.604. The maximum atomic E-state index is 13.5. The first-order valence-corrected chi connectivity index (χ1v) is 17.9. The lowest BCUT2D eigenvalue weighted by molar-refractivity contribution is -0.0298. The van der Waals surface area contributed by atoms with Gasteiger partial charge >= 0.3 is 12.1 Å². The van der Waals surface area contributed by atoms with Crippen LogP contribution in [0.15, 0.2) is 54.9 Å². The van der Waals surface area contributed by atoms with E-state index in [1.807, 2.05) is 37.5 Å². The van der Waals surface area contributed by atoms with E-state index in [1.165, 1.54) is 7.11 Å². The van der Waals surface area contributed by atoms with Crippen molar-refractivity contribution >= 4 is 35.1 Å². The Kier molecular flexibility index (Phi) is 10.00. The van der Waals surface area contributed by atoms with E-state index in [1.54, 1.807) is 47.6 Å². The summed E-state index contributed by atoms with van der Waals surface area (Å²) in [6, 6.07) is 14.0. The summed E-state index contributed by atoms with van der Waals surface area (Å²) >= 11 is 0. The zero-order valence-electron chi connectivity index (χ0n) is 30.0. The van der Waals surface area contributed by atoms with Crippen LogP contribution in [-0.4, -0.2) is 101 Å². The number of ether oxygens (including phenoxy) is 4. The van der Waals surface area contributed by atoms with Crippen molar-refractivity contribution in [3.05, 3.63) is 66.0 Å². The summed E-state index contributed by atoms with van der Waals surface area (Å²) in [6.45, 7) is 9.02. The van der Waals surface area contributed by atoms with Crippen LogP contribution in [0, 0.1) is 11.8 Å². The molecule has 0 bridgehead atoms. The number of nitrogens with one attached hydrogen (secondary N) is 1. The van der Waals surface area contributed by atoms with Crippen LogP contribution >= 0.6 is 0 Å². The lowest BCUT2D eigenvalue weighted by Crippen LogP contribution is -2.37. The zero-order chi connectivity index (χ0) is 36.4. The van der Waals surface area contributed by atoms with Gasteiger partial charge in [-0.1, -0.05) is 18.2 Å². The predicted octanol–water partition coefficient (Wildman–Crippen LogP) is 5.09.